The number of rotatable bonds is 8. The molecule has 0 spiro atoms. The number of fused-ring (bicyclic) bond motifs is 1. The van der Waals surface area contributed by atoms with Gasteiger partial charge < -0.3 is 10.1 Å². The quantitative estimate of drug-likeness (QED) is 0.408. The van der Waals surface area contributed by atoms with Gasteiger partial charge in [0.2, 0.25) is 5.91 Å². The largest absolute Gasteiger partial charge is 0.378 e. The molecule has 5 heteroatoms. The number of hydrogen-bond donors (Lipinski definition) is 1. The summed E-state index contributed by atoms with van der Waals surface area (Å²) in [5.41, 5.74) is 6.33. The van der Waals surface area contributed by atoms with Crippen molar-refractivity contribution in [2.75, 3.05) is 18.5 Å². The average molecular weight is 495 g/mol. The van der Waals surface area contributed by atoms with Crippen molar-refractivity contribution < 1.29 is 14.3 Å². The molecular formula is C32H34N2O3. The van der Waals surface area contributed by atoms with Crippen molar-refractivity contribution in [3.05, 3.63) is 101 Å². The third kappa shape index (κ3) is 6.23. The SMILES string of the molecule is CC1=NCC(=O)c2ccc(NC(=O)C(Cc3ccccc3)c3ccc(CCC4CCCCO4)cc3)cc21. The van der Waals surface area contributed by atoms with Gasteiger partial charge >= 0.3 is 0 Å². The number of amides is 1. The minimum Gasteiger partial charge on any atom is -0.378 e. The summed E-state index contributed by atoms with van der Waals surface area (Å²) in [4.78, 5) is 30.2. The molecule has 3 aromatic carbocycles. The fourth-order valence-corrected chi connectivity index (χ4v) is 5.25. The number of ketones is 1. The molecule has 37 heavy (non-hydrogen) atoms. The van der Waals surface area contributed by atoms with Crippen LogP contribution in [-0.2, 0) is 22.4 Å². The number of nitrogens with zero attached hydrogens (tertiary/aromatic N) is 1. The van der Waals surface area contributed by atoms with Gasteiger partial charge in [-0.1, -0.05) is 54.6 Å². The molecule has 5 rings (SSSR count). The van der Waals surface area contributed by atoms with Gasteiger partial charge in [-0.3, -0.25) is 14.6 Å². The van der Waals surface area contributed by atoms with Crippen molar-refractivity contribution in [2.45, 2.75) is 57.5 Å². The van der Waals surface area contributed by atoms with E-state index in [9.17, 15) is 9.59 Å². The molecule has 0 aromatic heterocycles. The topological polar surface area (TPSA) is 67.8 Å². The lowest BCUT2D eigenvalue weighted by molar-refractivity contribution is -0.117. The zero-order valence-electron chi connectivity index (χ0n) is 21.4. The number of carbonyl (C=O) groups is 2. The monoisotopic (exact) mass is 494 g/mol. The van der Waals surface area contributed by atoms with Crippen LogP contribution >= 0.6 is 0 Å². The standard InChI is InChI=1S/C32H34N2O3/c1-22-29-20-26(15-17-28(29)31(35)21-33-22)34-32(36)30(19-24-7-3-2-4-8-24)25-13-10-23(11-14-25)12-16-27-9-5-6-18-37-27/h2-4,7-8,10-11,13-15,17,20,27,30H,5-6,9,12,16,18-19,21H2,1H3,(H,34,36). The van der Waals surface area contributed by atoms with Crippen LogP contribution in [0.3, 0.4) is 0 Å². The first-order valence-corrected chi connectivity index (χ1v) is 13.3. The van der Waals surface area contributed by atoms with Gasteiger partial charge in [0.05, 0.1) is 12.0 Å². The zero-order valence-corrected chi connectivity index (χ0v) is 21.4. The summed E-state index contributed by atoms with van der Waals surface area (Å²) >= 11 is 0. The summed E-state index contributed by atoms with van der Waals surface area (Å²) in [5.74, 6) is -0.398. The van der Waals surface area contributed by atoms with Crippen LogP contribution in [0, 0.1) is 0 Å². The van der Waals surface area contributed by atoms with E-state index in [-0.39, 0.29) is 24.2 Å². The Morgan fingerprint density at radius 2 is 1.81 bits per heavy atom. The molecule has 2 unspecified atom stereocenters. The van der Waals surface area contributed by atoms with Gasteiger partial charge in [-0.15, -0.1) is 0 Å². The highest BCUT2D eigenvalue weighted by Crippen LogP contribution is 2.27. The molecule has 0 radical (unpaired) electrons. The number of aryl methyl sites for hydroxylation is 1. The molecule has 5 nitrogen and oxygen atoms in total. The van der Waals surface area contributed by atoms with Gasteiger partial charge in [0.1, 0.15) is 6.54 Å². The number of Topliss-reactive ketones (excluding diaryl/α,β-unsaturated/α-hetero) is 1. The molecule has 1 amide bonds. The normalized spacial score (nSPS) is 18.0. The Morgan fingerprint density at radius 3 is 2.57 bits per heavy atom. The number of carbonyl (C=O) groups excluding carboxylic acids is 2. The van der Waals surface area contributed by atoms with Crippen molar-refractivity contribution >= 4 is 23.1 Å². The lowest BCUT2D eigenvalue weighted by Gasteiger charge is -2.22. The molecule has 2 atom stereocenters. The van der Waals surface area contributed by atoms with E-state index in [1.807, 2.05) is 37.3 Å². The van der Waals surface area contributed by atoms with Crippen LogP contribution in [0.5, 0.6) is 0 Å². The molecule has 1 saturated heterocycles. The van der Waals surface area contributed by atoms with Crippen molar-refractivity contribution in [1.82, 2.24) is 0 Å². The van der Waals surface area contributed by atoms with Crippen LogP contribution in [0.2, 0.25) is 0 Å². The Bertz CT molecular complexity index is 1280. The molecule has 2 aliphatic heterocycles. The predicted octanol–water partition coefficient (Wildman–Crippen LogP) is 6.16. The summed E-state index contributed by atoms with van der Waals surface area (Å²) in [7, 11) is 0. The molecule has 1 N–H and O–H groups in total. The second-order valence-electron chi connectivity index (χ2n) is 10.1. The highest BCUT2D eigenvalue weighted by Gasteiger charge is 2.23. The summed E-state index contributed by atoms with van der Waals surface area (Å²) in [6, 6.07) is 24.0. The van der Waals surface area contributed by atoms with Crippen LogP contribution in [-0.4, -0.2) is 36.7 Å². The summed E-state index contributed by atoms with van der Waals surface area (Å²) < 4.78 is 5.88. The molecule has 0 aliphatic carbocycles. The van der Waals surface area contributed by atoms with E-state index < -0.39 is 0 Å². The van der Waals surface area contributed by atoms with Crippen molar-refractivity contribution in [3.63, 3.8) is 0 Å². The molecule has 1 fully saturated rings. The van der Waals surface area contributed by atoms with Crippen LogP contribution in [0.15, 0.2) is 77.8 Å². The Hall–Kier alpha value is -3.57. The second kappa shape index (κ2) is 11.7. The lowest BCUT2D eigenvalue weighted by Crippen LogP contribution is -2.24. The Balaban J connectivity index is 1.33. The van der Waals surface area contributed by atoms with Crippen LogP contribution in [0.4, 0.5) is 5.69 Å². The predicted molar refractivity (Wildman–Crippen MR) is 148 cm³/mol. The molecule has 190 valence electrons. The third-order valence-corrected chi connectivity index (χ3v) is 7.45. The summed E-state index contributed by atoms with van der Waals surface area (Å²) in [5, 5.41) is 3.11. The maximum Gasteiger partial charge on any atom is 0.232 e. The first kappa shape index (κ1) is 25.1. The van der Waals surface area contributed by atoms with E-state index in [4.69, 9.17) is 4.74 Å². The first-order valence-electron chi connectivity index (χ1n) is 13.3. The zero-order chi connectivity index (χ0) is 25.6. The molecule has 2 aliphatic rings. The van der Waals surface area contributed by atoms with Crippen molar-refractivity contribution in [3.8, 4) is 0 Å². The maximum absolute atomic E-state index is 13.6. The molecular weight excluding hydrogens is 460 g/mol. The Labute approximate surface area is 219 Å². The number of anilines is 1. The van der Waals surface area contributed by atoms with Gasteiger partial charge in [0.25, 0.3) is 0 Å². The molecule has 0 bridgehead atoms. The van der Waals surface area contributed by atoms with Gasteiger partial charge in [-0.25, -0.2) is 0 Å². The lowest BCUT2D eigenvalue weighted by atomic mass is 9.89. The highest BCUT2D eigenvalue weighted by molar-refractivity contribution is 6.15. The second-order valence-corrected chi connectivity index (χ2v) is 10.1. The maximum atomic E-state index is 13.6. The number of ether oxygens (including phenoxy) is 1. The van der Waals surface area contributed by atoms with Crippen LogP contribution in [0.25, 0.3) is 0 Å². The van der Waals surface area contributed by atoms with E-state index in [1.54, 1.807) is 6.07 Å². The molecule has 0 saturated carbocycles. The minimum atomic E-state index is -0.342. The van der Waals surface area contributed by atoms with Gasteiger partial charge in [0, 0.05) is 29.1 Å². The Kier molecular flexibility index (Phi) is 7.90. The van der Waals surface area contributed by atoms with E-state index >= 15 is 0 Å². The van der Waals surface area contributed by atoms with Crippen molar-refractivity contribution in [2.24, 2.45) is 4.99 Å². The Morgan fingerprint density at radius 1 is 1.00 bits per heavy atom. The van der Waals surface area contributed by atoms with E-state index in [1.165, 1.54) is 18.4 Å². The van der Waals surface area contributed by atoms with Gasteiger partial charge in [-0.2, -0.15) is 0 Å². The average Bonchev–Trinajstić information content (AvgIpc) is 2.94. The van der Waals surface area contributed by atoms with Crippen LogP contribution < -0.4 is 5.32 Å². The first-order chi connectivity index (χ1) is 18.1. The van der Waals surface area contributed by atoms with Gasteiger partial charge in [-0.05, 0) is 80.3 Å². The summed E-state index contributed by atoms with van der Waals surface area (Å²) in [6.45, 7) is 2.97. The van der Waals surface area contributed by atoms with E-state index in [2.05, 4.69) is 46.7 Å². The third-order valence-electron chi connectivity index (χ3n) is 7.45. The number of aliphatic imine (C=N–C) groups is 1. The van der Waals surface area contributed by atoms with E-state index in [0.717, 1.165) is 48.3 Å². The minimum absolute atomic E-state index is 0.00979. The fourth-order valence-electron chi connectivity index (χ4n) is 5.25. The molecule has 3 aromatic rings. The van der Waals surface area contributed by atoms with Crippen molar-refractivity contribution in [1.29, 1.82) is 0 Å². The van der Waals surface area contributed by atoms with Gasteiger partial charge in [0.15, 0.2) is 5.78 Å². The smallest absolute Gasteiger partial charge is 0.232 e. The fraction of sp³-hybridized carbons (Fsp3) is 0.344. The molecule has 2 heterocycles. The number of nitrogens with one attached hydrogen (secondary N) is 1. The number of hydrogen-bond acceptors (Lipinski definition) is 4. The summed E-state index contributed by atoms with van der Waals surface area (Å²) in [6.07, 6.45) is 6.57. The van der Waals surface area contributed by atoms with E-state index in [0.29, 0.717) is 23.8 Å². The van der Waals surface area contributed by atoms with Crippen LogP contribution in [0.1, 0.15) is 71.1 Å². The number of benzene rings is 3. The highest BCUT2D eigenvalue weighted by atomic mass is 16.5.